The number of anilines is 1. The van der Waals surface area contributed by atoms with Crippen molar-refractivity contribution in [3.05, 3.63) is 64.4 Å². The Morgan fingerprint density at radius 3 is 2.60 bits per heavy atom. The third-order valence-electron chi connectivity index (χ3n) is 4.08. The summed E-state index contributed by atoms with van der Waals surface area (Å²) in [6, 6.07) is 15.7. The van der Waals surface area contributed by atoms with Crippen molar-refractivity contribution in [2.24, 2.45) is 0 Å². The highest BCUT2D eigenvalue weighted by molar-refractivity contribution is 7.98. The number of benzene rings is 2. The minimum Gasteiger partial charge on any atom is -0.495 e. The van der Waals surface area contributed by atoms with Gasteiger partial charge in [0.05, 0.1) is 12.8 Å². The van der Waals surface area contributed by atoms with E-state index in [1.165, 1.54) is 18.9 Å². The second kappa shape index (κ2) is 9.62. The van der Waals surface area contributed by atoms with Gasteiger partial charge in [0.1, 0.15) is 28.8 Å². The third-order valence-corrected chi connectivity index (χ3v) is 4.66. The number of methoxy groups -OCH3 is 1. The Labute approximate surface area is 176 Å². The lowest BCUT2D eigenvalue weighted by Crippen LogP contribution is -2.21. The van der Waals surface area contributed by atoms with Crippen molar-refractivity contribution in [1.29, 1.82) is 5.26 Å². The molecule has 2 N–H and O–H groups in total. The Bertz CT molecular complexity index is 1170. The van der Waals surface area contributed by atoms with Crippen LogP contribution in [0, 0.1) is 11.3 Å². The second-order valence-electron chi connectivity index (χ2n) is 5.94. The number of ether oxygens (including phenoxy) is 2. The molecule has 3 aromatic rings. The SMILES string of the molecule is COc1ccccc1NC(=O)COc1ccccc1-c1nc(SC)[nH]c(=O)c1C#N. The zero-order chi connectivity index (χ0) is 21.5. The Balaban J connectivity index is 1.85. The zero-order valence-corrected chi connectivity index (χ0v) is 17.1. The summed E-state index contributed by atoms with van der Waals surface area (Å²) in [4.78, 5) is 31.5. The van der Waals surface area contributed by atoms with E-state index in [-0.39, 0.29) is 17.9 Å². The number of thioether (sulfide) groups is 1. The maximum Gasteiger partial charge on any atom is 0.270 e. The van der Waals surface area contributed by atoms with Crippen LogP contribution in [0.4, 0.5) is 5.69 Å². The van der Waals surface area contributed by atoms with Crippen molar-refractivity contribution >= 4 is 23.4 Å². The lowest BCUT2D eigenvalue weighted by Gasteiger charge is -2.13. The molecule has 0 spiro atoms. The van der Waals surface area contributed by atoms with Gasteiger partial charge in [-0.15, -0.1) is 0 Å². The van der Waals surface area contributed by atoms with Gasteiger partial charge in [0.2, 0.25) is 0 Å². The lowest BCUT2D eigenvalue weighted by atomic mass is 10.1. The third kappa shape index (κ3) is 4.61. The maximum absolute atomic E-state index is 12.4. The van der Waals surface area contributed by atoms with E-state index in [2.05, 4.69) is 15.3 Å². The van der Waals surface area contributed by atoms with Crippen molar-refractivity contribution < 1.29 is 14.3 Å². The van der Waals surface area contributed by atoms with Crippen molar-refractivity contribution in [3.8, 4) is 28.8 Å². The van der Waals surface area contributed by atoms with Gasteiger partial charge in [0.25, 0.3) is 11.5 Å². The number of amides is 1. The molecular weight excluding hydrogens is 404 g/mol. The van der Waals surface area contributed by atoms with Crippen LogP contribution in [0.1, 0.15) is 5.56 Å². The molecule has 1 amide bonds. The molecule has 0 radical (unpaired) electrons. The number of hydrogen-bond donors (Lipinski definition) is 2. The molecule has 0 saturated heterocycles. The quantitative estimate of drug-likeness (QED) is 0.444. The minimum atomic E-state index is -0.532. The van der Waals surface area contributed by atoms with Gasteiger partial charge in [0, 0.05) is 5.56 Å². The van der Waals surface area contributed by atoms with E-state index < -0.39 is 11.5 Å². The number of H-pyrrole nitrogens is 1. The molecule has 9 heteroatoms. The molecule has 0 aliphatic heterocycles. The van der Waals surface area contributed by atoms with Crippen LogP contribution >= 0.6 is 11.8 Å². The lowest BCUT2D eigenvalue weighted by molar-refractivity contribution is -0.118. The maximum atomic E-state index is 12.4. The largest absolute Gasteiger partial charge is 0.495 e. The number of nitrogens with one attached hydrogen (secondary N) is 2. The van der Waals surface area contributed by atoms with Gasteiger partial charge in [-0.3, -0.25) is 9.59 Å². The molecule has 3 rings (SSSR count). The first-order valence-corrected chi connectivity index (χ1v) is 10.0. The first-order chi connectivity index (χ1) is 14.6. The van der Waals surface area contributed by atoms with Crippen LogP contribution in [0.3, 0.4) is 0 Å². The molecule has 0 fully saturated rings. The van der Waals surface area contributed by atoms with Crippen molar-refractivity contribution in [2.75, 3.05) is 25.3 Å². The van der Waals surface area contributed by atoms with Gasteiger partial charge in [0.15, 0.2) is 11.8 Å². The number of rotatable bonds is 7. The fraction of sp³-hybridized carbons (Fsp3) is 0.143. The number of aromatic amines is 1. The monoisotopic (exact) mass is 422 g/mol. The molecule has 0 saturated carbocycles. The molecule has 0 aliphatic carbocycles. The van der Waals surface area contributed by atoms with Crippen molar-refractivity contribution in [2.45, 2.75) is 5.16 Å². The van der Waals surface area contributed by atoms with Gasteiger partial charge in [-0.2, -0.15) is 5.26 Å². The molecule has 8 nitrogen and oxygen atoms in total. The summed E-state index contributed by atoms with van der Waals surface area (Å²) in [6.45, 7) is -0.282. The molecule has 152 valence electrons. The number of carbonyl (C=O) groups is 1. The van der Waals surface area contributed by atoms with Crippen LogP contribution in [0.5, 0.6) is 11.5 Å². The predicted molar refractivity (Wildman–Crippen MR) is 114 cm³/mol. The van der Waals surface area contributed by atoms with E-state index in [1.807, 2.05) is 6.07 Å². The summed E-state index contributed by atoms with van der Waals surface area (Å²) in [6.07, 6.45) is 1.76. The highest BCUT2D eigenvalue weighted by Gasteiger charge is 2.17. The highest BCUT2D eigenvalue weighted by Crippen LogP contribution is 2.30. The van der Waals surface area contributed by atoms with Gasteiger partial charge in [-0.25, -0.2) is 4.98 Å². The normalized spacial score (nSPS) is 10.2. The Hall–Kier alpha value is -3.77. The molecule has 0 bridgehead atoms. The fourth-order valence-corrected chi connectivity index (χ4v) is 3.09. The average Bonchev–Trinajstić information content (AvgIpc) is 2.77. The molecule has 2 aromatic carbocycles. The van der Waals surface area contributed by atoms with Crippen LogP contribution in [0.2, 0.25) is 0 Å². The van der Waals surface area contributed by atoms with E-state index in [4.69, 9.17) is 9.47 Å². The number of aromatic nitrogens is 2. The van der Waals surface area contributed by atoms with Gasteiger partial charge in [-0.1, -0.05) is 36.0 Å². The fourth-order valence-electron chi connectivity index (χ4n) is 2.71. The smallest absolute Gasteiger partial charge is 0.270 e. The summed E-state index contributed by atoms with van der Waals surface area (Å²) < 4.78 is 10.9. The minimum absolute atomic E-state index is 0.123. The number of carbonyl (C=O) groups excluding carboxylic acids is 1. The zero-order valence-electron chi connectivity index (χ0n) is 16.3. The predicted octanol–water partition coefficient (Wildman–Crippen LogP) is 3.06. The topological polar surface area (TPSA) is 117 Å². The Morgan fingerprint density at radius 2 is 1.90 bits per heavy atom. The molecule has 0 unspecified atom stereocenters. The molecule has 1 aromatic heterocycles. The van der Waals surface area contributed by atoms with E-state index in [0.29, 0.717) is 27.9 Å². The number of nitriles is 1. The number of hydrogen-bond acceptors (Lipinski definition) is 7. The van der Waals surface area contributed by atoms with Crippen molar-refractivity contribution in [1.82, 2.24) is 9.97 Å². The summed E-state index contributed by atoms with van der Waals surface area (Å²) in [5.41, 5.74) is 0.513. The van der Waals surface area contributed by atoms with Gasteiger partial charge in [-0.05, 0) is 30.5 Å². The van der Waals surface area contributed by atoms with E-state index >= 15 is 0 Å². The standard InChI is InChI=1S/C21H18N4O4S/c1-28-17-10-6-4-8-15(17)23-18(26)12-29-16-9-5-3-7-13(16)19-14(11-22)20(27)25-21(24-19)30-2/h3-10H,12H2,1-2H3,(H,23,26)(H,24,25,27). The molecule has 0 aliphatic rings. The van der Waals surface area contributed by atoms with Crippen molar-refractivity contribution in [3.63, 3.8) is 0 Å². The van der Waals surface area contributed by atoms with Gasteiger partial charge >= 0.3 is 0 Å². The van der Waals surface area contributed by atoms with Crippen LogP contribution < -0.4 is 20.3 Å². The molecule has 1 heterocycles. The molecule has 30 heavy (non-hydrogen) atoms. The van der Waals surface area contributed by atoms with Gasteiger partial charge < -0.3 is 19.8 Å². The molecule has 0 atom stereocenters. The molecular formula is C21H18N4O4S. The first kappa shape index (κ1) is 21.0. The second-order valence-corrected chi connectivity index (χ2v) is 6.74. The van der Waals surface area contributed by atoms with E-state index in [1.54, 1.807) is 54.8 Å². The van der Waals surface area contributed by atoms with Crippen LogP contribution in [0.25, 0.3) is 11.3 Å². The Kier molecular flexibility index (Phi) is 6.72. The average molecular weight is 422 g/mol. The highest BCUT2D eigenvalue weighted by atomic mass is 32.2. The van der Waals surface area contributed by atoms with E-state index in [0.717, 1.165) is 0 Å². The number of para-hydroxylation sites is 3. The van der Waals surface area contributed by atoms with Crippen LogP contribution in [0.15, 0.2) is 58.5 Å². The van der Waals surface area contributed by atoms with Crippen LogP contribution in [-0.2, 0) is 4.79 Å². The number of nitrogens with zero attached hydrogens (tertiary/aromatic N) is 2. The summed E-state index contributed by atoms with van der Waals surface area (Å²) in [5, 5.41) is 12.5. The van der Waals surface area contributed by atoms with E-state index in [9.17, 15) is 14.9 Å². The Morgan fingerprint density at radius 1 is 1.20 bits per heavy atom. The summed E-state index contributed by atoms with van der Waals surface area (Å²) in [5.74, 6) is 0.468. The summed E-state index contributed by atoms with van der Waals surface area (Å²) >= 11 is 1.25. The summed E-state index contributed by atoms with van der Waals surface area (Å²) in [7, 11) is 1.52. The van der Waals surface area contributed by atoms with Crippen LogP contribution in [-0.4, -0.2) is 35.8 Å². The first-order valence-electron chi connectivity index (χ1n) is 8.80.